The molecule has 0 rings (SSSR count). The van der Waals surface area contributed by atoms with Crippen LogP contribution in [0.25, 0.3) is 0 Å². The highest BCUT2D eigenvalue weighted by molar-refractivity contribution is 5.68. The molecular formula is C25H48NO3+. The minimum atomic E-state index is -1.10. The smallest absolute Gasteiger partial charge is 0.306 e. The van der Waals surface area contributed by atoms with Crippen molar-refractivity contribution in [3.8, 4) is 0 Å². The van der Waals surface area contributed by atoms with Crippen LogP contribution in [0.4, 0.5) is 0 Å². The molecular weight excluding hydrogens is 362 g/mol. The Hall–Kier alpha value is -1.13. The molecule has 0 fully saturated rings. The maximum atomic E-state index is 11.1. The minimum absolute atomic E-state index is 0.164. The third-order valence-corrected chi connectivity index (χ3v) is 5.09. The van der Waals surface area contributed by atoms with E-state index in [0.29, 0.717) is 17.4 Å². The number of aliphatic hydroxyl groups is 1. The number of unbranched alkanes of at least 4 members (excludes halogenated alkanes) is 9. The number of carboxylic acids is 1. The van der Waals surface area contributed by atoms with E-state index in [2.05, 4.69) is 31.2 Å². The fraction of sp³-hybridized carbons (Fsp3) is 0.800. The second-order valence-corrected chi connectivity index (χ2v) is 9.58. The lowest BCUT2D eigenvalue weighted by Gasteiger charge is -2.34. The van der Waals surface area contributed by atoms with Crippen molar-refractivity contribution in [2.24, 2.45) is 0 Å². The van der Waals surface area contributed by atoms with Gasteiger partial charge in [-0.15, -0.1) is 0 Å². The van der Waals surface area contributed by atoms with Crippen LogP contribution in [0.5, 0.6) is 0 Å². The van der Waals surface area contributed by atoms with Gasteiger partial charge in [-0.25, -0.2) is 0 Å². The molecule has 0 aliphatic rings. The minimum Gasteiger partial charge on any atom is -0.481 e. The third-order valence-electron chi connectivity index (χ3n) is 5.09. The Kier molecular flexibility index (Phi) is 16.0. The molecule has 1 atom stereocenters. The third kappa shape index (κ3) is 19.9. The lowest BCUT2D eigenvalue weighted by molar-refractivity contribution is -0.877. The molecule has 4 heteroatoms. The number of allylic oxidation sites excluding steroid dienone is 4. The summed E-state index contributed by atoms with van der Waals surface area (Å²) in [5.74, 6) is -0.916. The Morgan fingerprint density at radius 3 is 1.86 bits per heavy atom. The van der Waals surface area contributed by atoms with E-state index in [-0.39, 0.29) is 6.42 Å². The fourth-order valence-electron chi connectivity index (χ4n) is 3.83. The molecule has 0 bridgehead atoms. The van der Waals surface area contributed by atoms with E-state index in [1.54, 1.807) is 0 Å². The summed E-state index contributed by atoms with van der Waals surface area (Å²) in [6.45, 7) is 2.71. The van der Waals surface area contributed by atoms with E-state index in [1.165, 1.54) is 44.9 Å². The standard InChI is InChI=1S/C25H47NO3/c1-5-6-7-8-9-10-11-12-13-14-15-16-17-18-19-20-21-25(29,22-24(27)28)23-26(2,3)4/h9-10,12-13,29H,5-8,11,14-23H2,1-4H3/p+1/b10-9-,13-12-. The summed E-state index contributed by atoms with van der Waals surface area (Å²) in [6.07, 6.45) is 23.7. The van der Waals surface area contributed by atoms with Crippen molar-refractivity contribution in [2.45, 2.75) is 102 Å². The van der Waals surface area contributed by atoms with Crippen molar-refractivity contribution in [1.29, 1.82) is 0 Å². The number of likely N-dealkylation sites (N-methyl/N-ethyl adjacent to an activating group) is 1. The molecule has 0 saturated heterocycles. The molecule has 0 aromatic heterocycles. The SMILES string of the molecule is CCCCC/C=C\C/C=C\CCCCCCCCC(O)(CC(=O)O)C[N+](C)(C)C. The predicted molar refractivity (Wildman–Crippen MR) is 124 cm³/mol. The van der Waals surface area contributed by atoms with E-state index >= 15 is 0 Å². The first-order valence-corrected chi connectivity index (χ1v) is 11.7. The first-order chi connectivity index (χ1) is 13.7. The van der Waals surface area contributed by atoms with Gasteiger partial charge in [0.2, 0.25) is 0 Å². The molecule has 0 heterocycles. The van der Waals surface area contributed by atoms with Gasteiger partial charge in [0.1, 0.15) is 12.1 Å². The van der Waals surface area contributed by atoms with Crippen molar-refractivity contribution in [1.82, 2.24) is 0 Å². The zero-order chi connectivity index (χ0) is 22.0. The quantitative estimate of drug-likeness (QED) is 0.154. The Bertz CT molecular complexity index is 465. The molecule has 2 N–H and O–H groups in total. The summed E-state index contributed by atoms with van der Waals surface area (Å²) < 4.78 is 0.575. The van der Waals surface area contributed by atoms with Crippen molar-refractivity contribution in [2.75, 3.05) is 27.7 Å². The summed E-state index contributed by atoms with van der Waals surface area (Å²) >= 11 is 0. The van der Waals surface area contributed by atoms with Gasteiger partial charge in [0.05, 0.1) is 27.6 Å². The van der Waals surface area contributed by atoms with Gasteiger partial charge in [-0.2, -0.15) is 0 Å². The van der Waals surface area contributed by atoms with Crippen LogP contribution < -0.4 is 0 Å². The molecule has 0 radical (unpaired) electrons. The molecule has 29 heavy (non-hydrogen) atoms. The van der Waals surface area contributed by atoms with Crippen LogP contribution in [-0.2, 0) is 4.79 Å². The van der Waals surface area contributed by atoms with Crippen LogP contribution in [0.15, 0.2) is 24.3 Å². The number of rotatable bonds is 19. The number of quaternary nitrogens is 1. The second-order valence-electron chi connectivity index (χ2n) is 9.58. The van der Waals surface area contributed by atoms with E-state index in [1.807, 2.05) is 21.1 Å². The number of hydrogen-bond donors (Lipinski definition) is 2. The van der Waals surface area contributed by atoms with Gasteiger partial charge in [0.15, 0.2) is 0 Å². The average molecular weight is 411 g/mol. The molecule has 0 aliphatic carbocycles. The summed E-state index contributed by atoms with van der Waals surface area (Å²) in [7, 11) is 5.97. The van der Waals surface area contributed by atoms with Gasteiger partial charge in [-0.05, 0) is 38.5 Å². The van der Waals surface area contributed by atoms with Crippen molar-refractivity contribution < 1.29 is 19.5 Å². The first kappa shape index (κ1) is 27.9. The molecule has 0 aliphatic heterocycles. The topological polar surface area (TPSA) is 57.5 Å². The monoisotopic (exact) mass is 410 g/mol. The molecule has 170 valence electrons. The Morgan fingerprint density at radius 2 is 1.34 bits per heavy atom. The van der Waals surface area contributed by atoms with Gasteiger partial charge in [0.25, 0.3) is 0 Å². The molecule has 0 spiro atoms. The lowest BCUT2D eigenvalue weighted by atomic mass is 9.91. The molecule has 0 amide bonds. The molecule has 0 aromatic rings. The van der Waals surface area contributed by atoms with Gasteiger partial charge >= 0.3 is 5.97 Å². The summed E-state index contributed by atoms with van der Waals surface area (Å²) in [6, 6.07) is 0. The summed E-state index contributed by atoms with van der Waals surface area (Å²) in [5.41, 5.74) is -1.10. The largest absolute Gasteiger partial charge is 0.481 e. The van der Waals surface area contributed by atoms with Crippen LogP contribution in [0.1, 0.15) is 96.8 Å². The lowest BCUT2D eigenvalue weighted by Crippen LogP contribution is -2.50. The second kappa shape index (κ2) is 16.6. The Balaban J connectivity index is 3.72. The fourth-order valence-corrected chi connectivity index (χ4v) is 3.83. The molecule has 4 nitrogen and oxygen atoms in total. The molecule has 0 saturated carbocycles. The maximum absolute atomic E-state index is 11.1. The normalized spacial score (nSPS) is 14.7. The number of nitrogens with zero attached hydrogens (tertiary/aromatic N) is 1. The van der Waals surface area contributed by atoms with Gasteiger partial charge < -0.3 is 14.7 Å². The number of hydrogen-bond acceptors (Lipinski definition) is 2. The van der Waals surface area contributed by atoms with E-state index in [9.17, 15) is 9.90 Å². The van der Waals surface area contributed by atoms with Crippen LogP contribution >= 0.6 is 0 Å². The molecule has 0 aromatic carbocycles. The zero-order valence-corrected chi connectivity index (χ0v) is 19.7. The van der Waals surface area contributed by atoms with E-state index in [0.717, 1.165) is 32.1 Å². The van der Waals surface area contributed by atoms with E-state index in [4.69, 9.17) is 5.11 Å². The Morgan fingerprint density at radius 1 is 0.828 bits per heavy atom. The Labute approximate surface area is 180 Å². The number of carbonyl (C=O) groups is 1. The van der Waals surface area contributed by atoms with Crippen molar-refractivity contribution >= 4 is 5.97 Å². The predicted octanol–water partition coefficient (Wildman–Crippen LogP) is 6.10. The number of aliphatic carboxylic acids is 1. The highest BCUT2D eigenvalue weighted by Crippen LogP contribution is 2.23. The first-order valence-electron chi connectivity index (χ1n) is 11.7. The highest BCUT2D eigenvalue weighted by Gasteiger charge is 2.35. The van der Waals surface area contributed by atoms with Gasteiger partial charge in [0, 0.05) is 0 Å². The summed E-state index contributed by atoms with van der Waals surface area (Å²) in [5, 5.41) is 19.8. The van der Waals surface area contributed by atoms with Gasteiger partial charge in [-0.1, -0.05) is 76.2 Å². The zero-order valence-electron chi connectivity index (χ0n) is 19.7. The average Bonchev–Trinajstić information content (AvgIpc) is 2.59. The van der Waals surface area contributed by atoms with Gasteiger partial charge in [-0.3, -0.25) is 4.79 Å². The van der Waals surface area contributed by atoms with Crippen LogP contribution in [0.2, 0.25) is 0 Å². The van der Waals surface area contributed by atoms with Crippen LogP contribution in [0, 0.1) is 0 Å². The number of carboxylic acid groups (broad SMARTS) is 1. The van der Waals surface area contributed by atoms with Crippen LogP contribution in [0.3, 0.4) is 0 Å². The van der Waals surface area contributed by atoms with E-state index < -0.39 is 11.6 Å². The highest BCUT2D eigenvalue weighted by atomic mass is 16.4. The van der Waals surface area contributed by atoms with Crippen LogP contribution in [-0.4, -0.2) is 54.0 Å². The summed E-state index contributed by atoms with van der Waals surface area (Å²) in [4.78, 5) is 11.1. The van der Waals surface area contributed by atoms with Crippen molar-refractivity contribution in [3.05, 3.63) is 24.3 Å². The maximum Gasteiger partial charge on any atom is 0.306 e. The molecule has 1 unspecified atom stereocenters. The van der Waals surface area contributed by atoms with Crippen molar-refractivity contribution in [3.63, 3.8) is 0 Å².